The summed E-state index contributed by atoms with van der Waals surface area (Å²) in [6.45, 7) is 1.96. The zero-order valence-corrected chi connectivity index (χ0v) is 20.0. The summed E-state index contributed by atoms with van der Waals surface area (Å²) in [6, 6.07) is 5.38. The van der Waals surface area contributed by atoms with E-state index in [4.69, 9.17) is 9.15 Å². The second-order valence-electron chi connectivity index (χ2n) is 11.2. The topological polar surface area (TPSA) is 86.4 Å². The number of hydrogen-bond acceptors (Lipinski definition) is 6. The van der Waals surface area contributed by atoms with E-state index in [1.165, 1.54) is 18.4 Å². The molecule has 1 amide bonds. The first-order valence-electron chi connectivity index (χ1n) is 12.9. The lowest BCUT2D eigenvalue weighted by atomic mass is 9.48. The molecule has 5 atom stereocenters. The van der Waals surface area contributed by atoms with Gasteiger partial charge in [-0.1, -0.05) is 6.07 Å². The highest BCUT2D eigenvalue weighted by Gasteiger charge is 2.73. The third-order valence-corrected chi connectivity index (χ3v) is 9.54. The van der Waals surface area contributed by atoms with E-state index >= 15 is 0 Å². The van der Waals surface area contributed by atoms with Crippen LogP contribution < -0.4 is 4.74 Å². The maximum atomic E-state index is 13.2. The lowest BCUT2D eigenvalue weighted by molar-refractivity contribution is -0.200. The normalized spacial score (nSPS) is 35.1. The predicted octanol–water partition coefficient (Wildman–Crippen LogP) is 3.09. The van der Waals surface area contributed by atoms with E-state index in [1.807, 2.05) is 19.2 Å². The second-order valence-corrected chi connectivity index (χ2v) is 11.2. The lowest BCUT2D eigenvalue weighted by Gasteiger charge is -2.64. The molecule has 3 fully saturated rings. The van der Waals surface area contributed by atoms with Gasteiger partial charge >= 0.3 is 0 Å². The molecule has 35 heavy (non-hydrogen) atoms. The molecule has 2 saturated carbocycles. The van der Waals surface area contributed by atoms with E-state index in [0.717, 1.165) is 43.0 Å². The van der Waals surface area contributed by atoms with Gasteiger partial charge in [0.1, 0.15) is 6.10 Å². The number of phenols is 1. The number of rotatable bonds is 5. The Morgan fingerprint density at radius 1 is 1.26 bits per heavy atom. The van der Waals surface area contributed by atoms with Gasteiger partial charge in [0.05, 0.1) is 29.6 Å². The summed E-state index contributed by atoms with van der Waals surface area (Å²) in [5.41, 5.74) is 1.44. The van der Waals surface area contributed by atoms with Crippen molar-refractivity contribution in [1.29, 1.82) is 0 Å². The third kappa shape index (κ3) is 2.88. The highest BCUT2D eigenvalue weighted by atomic mass is 16.5. The minimum absolute atomic E-state index is 0.0360. The summed E-state index contributed by atoms with van der Waals surface area (Å²) in [5.74, 6) is 1.28. The van der Waals surface area contributed by atoms with Crippen molar-refractivity contribution in [2.24, 2.45) is 5.92 Å². The maximum Gasteiger partial charge on any atom is 0.246 e. The summed E-state index contributed by atoms with van der Waals surface area (Å²) < 4.78 is 11.7. The van der Waals surface area contributed by atoms with Crippen molar-refractivity contribution in [2.75, 3.05) is 20.1 Å². The lowest BCUT2D eigenvalue weighted by Crippen LogP contribution is -2.78. The zero-order chi connectivity index (χ0) is 23.9. The van der Waals surface area contributed by atoms with Crippen LogP contribution in [0.4, 0.5) is 0 Å². The average Bonchev–Trinajstić information content (AvgIpc) is 3.36. The Bertz CT molecular complexity index is 1200. The van der Waals surface area contributed by atoms with Crippen molar-refractivity contribution in [3.05, 3.63) is 53.5 Å². The largest absolute Gasteiger partial charge is 0.504 e. The Balaban J connectivity index is 1.28. The summed E-state index contributed by atoms with van der Waals surface area (Å²) in [6.07, 6.45) is 11.5. The fraction of sp³-hybridized carbons (Fsp3) is 0.536. The highest BCUT2D eigenvalue weighted by Crippen LogP contribution is 2.66. The average molecular weight is 477 g/mol. The van der Waals surface area contributed by atoms with Gasteiger partial charge in [-0.05, 0) is 74.8 Å². The van der Waals surface area contributed by atoms with Crippen LogP contribution in [0.5, 0.6) is 11.5 Å². The van der Waals surface area contributed by atoms with E-state index in [9.17, 15) is 15.0 Å². The summed E-state index contributed by atoms with van der Waals surface area (Å²) in [4.78, 5) is 17.5. The van der Waals surface area contributed by atoms with Crippen molar-refractivity contribution >= 4 is 12.0 Å². The van der Waals surface area contributed by atoms with Crippen molar-refractivity contribution in [3.63, 3.8) is 0 Å². The van der Waals surface area contributed by atoms with Crippen molar-refractivity contribution in [3.8, 4) is 11.5 Å². The number of piperidine rings is 1. The molecule has 2 aliphatic heterocycles. The standard InChI is InChI=1S/C28H32N2O5/c1-29(23(32)7-4-18-9-13-34-16-18)20-8-10-28(33)22-14-19-5-6-21(31)25-24(19)27(28,26(20)35-25)11-12-30(22)15-17-2-3-17/h4-7,9,13,16-17,20,22,26,31,33H,2-3,8,10-12,14-15H2,1H3/b7-4-/t20-,22-,26+,27+,28-/m1/s1. The van der Waals surface area contributed by atoms with Crippen LogP contribution in [0.25, 0.3) is 6.08 Å². The molecule has 0 unspecified atom stereocenters. The van der Waals surface area contributed by atoms with Crippen molar-refractivity contribution < 1.29 is 24.2 Å². The quantitative estimate of drug-likeness (QED) is 0.645. The highest BCUT2D eigenvalue weighted by molar-refractivity contribution is 5.91. The first-order chi connectivity index (χ1) is 16.9. The van der Waals surface area contributed by atoms with Gasteiger partial charge in [0.2, 0.25) is 5.91 Å². The van der Waals surface area contributed by atoms with Crippen LogP contribution in [0.2, 0.25) is 0 Å². The number of likely N-dealkylation sites (N-methyl/N-ethyl adjacent to an activating group) is 1. The molecular weight excluding hydrogens is 444 g/mol. The molecule has 7 heteroatoms. The number of amides is 1. The molecule has 7 nitrogen and oxygen atoms in total. The number of aliphatic hydroxyl groups is 1. The number of hydrogen-bond donors (Lipinski definition) is 2. The number of ether oxygens (including phenoxy) is 1. The summed E-state index contributed by atoms with van der Waals surface area (Å²) in [7, 11) is 1.82. The van der Waals surface area contributed by atoms with Gasteiger partial charge in [-0.15, -0.1) is 0 Å². The van der Waals surface area contributed by atoms with E-state index in [-0.39, 0.29) is 23.7 Å². The summed E-state index contributed by atoms with van der Waals surface area (Å²) >= 11 is 0. The molecule has 5 aliphatic rings. The van der Waals surface area contributed by atoms with Gasteiger partial charge in [-0.25, -0.2) is 0 Å². The Morgan fingerprint density at radius 3 is 2.89 bits per heavy atom. The van der Waals surface area contributed by atoms with E-state index in [1.54, 1.807) is 35.6 Å². The van der Waals surface area contributed by atoms with Crippen molar-refractivity contribution in [1.82, 2.24) is 9.80 Å². The number of likely N-dealkylation sites (tertiary alicyclic amines) is 1. The molecule has 2 N–H and O–H groups in total. The minimum atomic E-state index is -0.941. The molecule has 1 saturated heterocycles. The molecule has 3 aliphatic carbocycles. The first-order valence-corrected chi connectivity index (χ1v) is 12.9. The molecule has 2 aromatic rings. The van der Waals surface area contributed by atoms with E-state index in [0.29, 0.717) is 18.6 Å². The van der Waals surface area contributed by atoms with Crippen LogP contribution in [0.1, 0.15) is 48.8 Å². The van der Waals surface area contributed by atoms with E-state index in [2.05, 4.69) is 4.90 Å². The molecule has 184 valence electrons. The Labute approximate surface area is 205 Å². The van der Waals surface area contributed by atoms with Crippen LogP contribution >= 0.6 is 0 Å². The Morgan fingerprint density at radius 2 is 2.11 bits per heavy atom. The number of phenolic OH excluding ortho intramolecular Hbond substituents is 1. The van der Waals surface area contributed by atoms with E-state index < -0.39 is 17.1 Å². The Kier molecular flexibility index (Phi) is 4.53. The van der Waals surface area contributed by atoms with Crippen LogP contribution in [-0.2, 0) is 16.6 Å². The molecule has 3 heterocycles. The number of furan rings is 1. The van der Waals surface area contributed by atoms with Crippen LogP contribution in [-0.4, -0.2) is 69.8 Å². The Hall–Kier alpha value is -2.77. The molecular formula is C28H32N2O5. The number of carbonyl (C=O) groups is 1. The van der Waals surface area contributed by atoms with Gasteiger partial charge in [0.15, 0.2) is 11.5 Å². The molecule has 2 bridgehead atoms. The monoisotopic (exact) mass is 476 g/mol. The fourth-order valence-electron chi connectivity index (χ4n) is 7.67. The van der Waals surface area contributed by atoms with Crippen LogP contribution in [0, 0.1) is 5.92 Å². The second kappa shape index (κ2) is 7.37. The van der Waals surface area contributed by atoms with Gasteiger partial charge in [0.25, 0.3) is 0 Å². The van der Waals surface area contributed by atoms with Gasteiger partial charge < -0.3 is 24.3 Å². The van der Waals surface area contributed by atoms with Gasteiger partial charge in [0, 0.05) is 36.8 Å². The molecule has 1 spiro atoms. The molecule has 1 aromatic carbocycles. The van der Waals surface area contributed by atoms with Gasteiger partial charge in [-0.2, -0.15) is 0 Å². The third-order valence-electron chi connectivity index (χ3n) is 9.54. The van der Waals surface area contributed by atoms with Gasteiger partial charge in [-0.3, -0.25) is 9.69 Å². The van der Waals surface area contributed by atoms with Crippen LogP contribution in [0.3, 0.4) is 0 Å². The fourth-order valence-corrected chi connectivity index (χ4v) is 7.67. The number of carbonyl (C=O) groups excluding carboxylic acids is 1. The molecule has 1 aromatic heterocycles. The maximum absolute atomic E-state index is 13.2. The molecule has 7 rings (SSSR count). The summed E-state index contributed by atoms with van der Waals surface area (Å²) in [5, 5.41) is 23.3. The zero-order valence-electron chi connectivity index (χ0n) is 20.0. The van der Waals surface area contributed by atoms with Crippen LogP contribution in [0.15, 0.2) is 41.2 Å². The minimum Gasteiger partial charge on any atom is -0.504 e. The number of nitrogens with zero attached hydrogens (tertiary/aromatic N) is 2. The number of aromatic hydroxyl groups is 1. The SMILES string of the molecule is CN(C(=O)/C=C\c1ccoc1)[C@@H]1CC[C@@]2(O)[C@H]3Cc4ccc(O)c5c4[C@@]2(CCN3CC2CC2)[C@H]1O5. The predicted molar refractivity (Wildman–Crippen MR) is 129 cm³/mol. The van der Waals surface area contributed by atoms with Crippen molar-refractivity contribution in [2.45, 2.75) is 67.7 Å². The smallest absolute Gasteiger partial charge is 0.246 e. The molecule has 0 radical (unpaired) electrons. The first kappa shape index (κ1) is 21.5. The number of benzene rings is 1.